The first-order valence-corrected chi connectivity index (χ1v) is 7.88. The van der Waals surface area contributed by atoms with E-state index in [1.165, 1.54) is 0 Å². The topological polar surface area (TPSA) is 48.1 Å². The van der Waals surface area contributed by atoms with Gasteiger partial charge in [-0.2, -0.15) is 0 Å². The molecule has 0 amide bonds. The fourth-order valence-corrected chi connectivity index (χ4v) is 3.36. The van der Waals surface area contributed by atoms with Crippen molar-refractivity contribution in [2.75, 3.05) is 0 Å². The van der Waals surface area contributed by atoms with Crippen molar-refractivity contribution in [2.24, 2.45) is 0 Å². The summed E-state index contributed by atoms with van der Waals surface area (Å²) in [4.78, 5) is 11.2. The van der Waals surface area contributed by atoms with E-state index in [0.717, 1.165) is 21.8 Å². The zero-order valence-electron chi connectivity index (χ0n) is 11.9. The second-order valence-corrected chi connectivity index (χ2v) is 6.18. The fourth-order valence-electron chi connectivity index (χ4n) is 3.01. The highest BCUT2D eigenvalue weighted by Crippen LogP contribution is 2.35. The van der Waals surface area contributed by atoms with E-state index in [0.29, 0.717) is 10.2 Å². The number of halogens is 1. The molecule has 0 N–H and O–H groups in total. The number of aromatic nitrogens is 1. The number of nitro benzene ring substituents is 1. The van der Waals surface area contributed by atoms with Crippen LogP contribution < -0.4 is 0 Å². The van der Waals surface area contributed by atoms with Gasteiger partial charge in [-0.3, -0.25) is 10.1 Å². The maximum absolute atomic E-state index is 11.5. The Kier molecular flexibility index (Phi) is 3.16. The quantitative estimate of drug-likeness (QED) is 0.349. The monoisotopic (exact) mass is 366 g/mol. The van der Waals surface area contributed by atoms with E-state index in [-0.39, 0.29) is 10.6 Å². The Balaban J connectivity index is 2.19. The van der Waals surface area contributed by atoms with Crippen molar-refractivity contribution in [3.63, 3.8) is 0 Å². The Hall–Kier alpha value is -2.66. The highest BCUT2D eigenvalue weighted by molar-refractivity contribution is 9.10. The van der Waals surface area contributed by atoms with E-state index in [1.807, 2.05) is 59.2 Å². The molecule has 0 saturated carbocycles. The second-order valence-electron chi connectivity index (χ2n) is 5.26. The summed E-state index contributed by atoms with van der Waals surface area (Å²) in [6.07, 6.45) is 0. The van der Waals surface area contributed by atoms with E-state index in [2.05, 4.69) is 15.9 Å². The van der Waals surface area contributed by atoms with Crippen molar-refractivity contribution < 1.29 is 4.92 Å². The summed E-state index contributed by atoms with van der Waals surface area (Å²) >= 11 is 3.31. The van der Waals surface area contributed by atoms with Gasteiger partial charge >= 0.3 is 0 Å². The van der Waals surface area contributed by atoms with Crippen LogP contribution in [0, 0.1) is 10.1 Å². The van der Waals surface area contributed by atoms with Crippen LogP contribution >= 0.6 is 15.9 Å². The van der Waals surface area contributed by atoms with Crippen LogP contribution in [0.25, 0.3) is 27.5 Å². The Morgan fingerprint density at radius 2 is 1.43 bits per heavy atom. The Bertz CT molecular complexity index is 1020. The third kappa shape index (κ3) is 2.12. The lowest BCUT2D eigenvalue weighted by atomic mass is 10.2. The summed E-state index contributed by atoms with van der Waals surface area (Å²) < 4.78 is 2.64. The average molecular weight is 367 g/mol. The highest BCUT2D eigenvalue weighted by Gasteiger charge is 2.20. The molecule has 23 heavy (non-hydrogen) atoms. The lowest BCUT2D eigenvalue weighted by Crippen LogP contribution is -2.00. The van der Waals surface area contributed by atoms with Crippen molar-refractivity contribution in [1.29, 1.82) is 0 Å². The van der Waals surface area contributed by atoms with E-state index < -0.39 is 0 Å². The van der Waals surface area contributed by atoms with Crippen LogP contribution in [-0.2, 0) is 0 Å². The third-order valence-corrected chi connectivity index (χ3v) is 4.45. The number of fused-ring (bicyclic) bond motifs is 3. The smallest absolute Gasteiger partial charge is 0.294 e. The largest absolute Gasteiger partial charge is 0.303 e. The molecule has 0 spiro atoms. The first-order chi connectivity index (χ1) is 11.2. The normalized spacial score (nSPS) is 11.2. The first kappa shape index (κ1) is 14.0. The number of nitrogens with zero attached hydrogens (tertiary/aromatic N) is 2. The van der Waals surface area contributed by atoms with Gasteiger partial charge in [0, 0.05) is 21.3 Å². The minimum absolute atomic E-state index is 0.0749. The molecule has 1 aromatic heterocycles. The van der Waals surface area contributed by atoms with Gasteiger partial charge in [0.15, 0.2) is 0 Å². The fraction of sp³-hybridized carbons (Fsp3) is 0. The summed E-state index contributed by atoms with van der Waals surface area (Å²) in [6, 6.07) is 21.1. The average Bonchev–Trinajstić information content (AvgIpc) is 2.89. The van der Waals surface area contributed by atoms with Gasteiger partial charge in [0.2, 0.25) is 0 Å². The number of hydrogen-bond acceptors (Lipinski definition) is 2. The zero-order valence-corrected chi connectivity index (χ0v) is 13.5. The standard InChI is InChI=1S/C18H11BrN2O2/c19-12-9-10-17(18(11-12)21(22)23)20-15-7-3-1-5-13(15)14-6-2-4-8-16(14)20/h1-11H. The first-order valence-electron chi connectivity index (χ1n) is 7.09. The summed E-state index contributed by atoms with van der Waals surface area (Å²) in [7, 11) is 0. The maximum Gasteiger partial charge on any atom is 0.294 e. The lowest BCUT2D eigenvalue weighted by molar-refractivity contribution is -0.384. The van der Waals surface area contributed by atoms with Gasteiger partial charge in [-0.05, 0) is 24.3 Å². The van der Waals surface area contributed by atoms with Crippen LogP contribution in [-0.4, -0.2) is 9.49 Å². The number of hydrogen-bond donors (Lipinski definition) is 0. The van der Waals surface area contributed by atoms with Crippen LogP contribution in [0.4, 0.5) is 5.69 Å². The molecule has 0 radical (unpaired) electrons. The molecule has 3 aromatic carbocycles. The van der Waals surface area contributed by atoms with Crippen molar-refractivity contribution in [3.8, 4) is 5.69 Å². The Morgan fingerprint density at radius 3 is 2.00 bits per heavy atom. The molecule has 112 valence electrons. The summed E-state index contributed by atoms with van der Waals surface area (Å²) in [6.45, 7) is 0. The van der Waals surface area contributed by atoms with Gasteiger partial charge in [-0.15, -0.1) is 0 Å². The van der Waals surface area contributed by atoms with Gasteiger partial charge in [-0.1, -0.05) is 52.3 Å². The van der Waals surface area contributed by atoms with E-state index in [1.54, 1.807) is 12.1 Å². The number of para-hydroxylation sites is 2. The van der Waals surface area contributed by atoms with E-state index >= 15 is 0 Å². The molecule has 5 heteroatoms. The molecular formula is C18H11BrN2O2. The zero-order chi connectivity index (χ0) is 16.0. The predicted octanol–water partition coefficient (Wildman–Crippen LogP) is 5.45. The minimum atomic E-state index is -0.344. The highest BCUT2D eigenvalue weighted by atomic mass is 79.9. The lowest BCUT2D eigenvalue weighted by Gasteiger charge is -2.08. The predicted molar refractivity (Wildman–Crippen MR) is 95.1 cm³/mol. The second kappa shape index (κ2) is 5.21. The van der Waals surface area contributed by atoms with Gasteiger partial charge < -0.3 is 4.57 Å². The van der Waals surface area contributed by atoms with Crippen LogP contribution in [0.1, 0.15) is 0 Å². The van der Waals surface area contributed by atoms with Crippen molar-refractivity contribution >= 4 is 43.4 Å². The Labute approximate surface area is 140 Å². The molecule has 0 aliphatic heterocycles. The molecule has 0 aliphatic rings. The molecule has 0 saturated heterocycles. The third-order valence-electron chi connectivity index (χ3n) is 3.96. The summed E-state index contributed by atoms with van der Waals surface area (Å²) in [5, 5.41) is 13.7. The van der Waals surface area contributed by atoms with Crippen LogP contribution in [0.15, 0.2) is 71.2 Å². The van der Waals surface area contributed by atoms with Crippen molar-refractivity contribution in [3.05, 3.63) is 81.3 Å². The molecule has 1 heterocycles. The van der Waals surface area contributed by atoms with E-state index in [9.17, 15) is 10.1 Å². The minimum Gasteiger partial charge on any atom is -0.303 e. The molecule has 0 bridgehead atoms. The molecule has 4 nitrogen and oxygen atoms in total. The van der Waals surface area contributed by atoms with Crippen molar-refractivity contribution in [2.45, 2.75) is 0 Å². The van der Waals surface area contributed by atoms with Gasteiger partial charge in [0.1, 0.15) is 5.69 Å². The van der Waals surface area contributed by atoms with Crippen LogP contribution in [0.3, 0.4) is 0 Å². The van der Waals surface area contributed by atoms with Crippen molar-refractivity contribution in [1.82, 2.24) is 4.57 Å². The van der Waals surface area contributed by atoms with Crippen LogP contribution in [0.2, 0.25) is 0 Å². The van der Waals surface area contributed by atoms with Gasteiger partial charge in [0.05, 0.1) is 16.0 Å². The maximum atomic E-state index is 11.5. The summed E-state index contributed by atoms with van der Waals surface area (Å²) in [5.74, 6) is 0. The van der Waals surface area contributed by atoms with Gasteiger partial charge in [0.25, 0.3) is 5.69 Å². The molecule has 0 atom stereocenters. The SMILES string of the molecule is O=[N+]([O-])c1cc(Br)ccc1-n1c2ccccc2c2ccccc21. The van der Waals surface area contributed by atoms with E-state index in [4.69, 9.17) is 0 Å². The molecule has 0 fully saturated rings. The molecule has 0 unspecified atom stereocenters. The molecule has 0 aliphatic carbocycles. The van der Waals surface area contributed by atoms with Crippen LogP contribution in [0.5, 0.6) is 0 Å². The summed E-state index contributed by atoms with van der Waals surface area (Å²) in [5.41, 5.74) is 2.56. The molecular weight excluding hydrogens is 356 g/mol. The Morgan fingerprint density at radius 1 is 0.870 bits per heavy atom. The molecule has 4 aromatic rings. The number of rotatable bonds is 2. The number of nitro groups is 1. The molecule has 4 rings (SSSR count). The van der Waals surface area contributed by atoms with Gasteiger partial charge in [-0.25, -0.2) is 0 Å². The number of benzene rings is 3.